The van der Waals surface area contributed by atoms with Gasteiger partial charge < -0.3 is 9.47 Å². The van der Waals surface area contributed by atoms with Crippen molar-refractivity contribution in [1.29, 1.82) is 0 Å². The first-order valence-corrected chi connectivity index (χ1v) is 6.35. The van der Waals surface area contributed by atoms with Crippen LogP contribution in [0.15, 0.2) is 6.07 Å². The standard InChI is InChI=1S/C12H17ClN2O2/c1-3-16-7-8(2)17-11-6-10(13)14-12(15-11)9-4-5-9/h6,8-9H,3-5,7H2,1-2H3. The molecule has 4 nitrogen and oxygen atoms in total. The van der Waals surface area contributed by atoms with Crippen LogP contribution >= 0.6 is 11.6 Å². The van der Waals surface area contributed by atoms with Crippen molar-refractivity contribution < 1.29 is 9.47 Å². The van der Waals surface area contributed by atoms with Crippen molar-refractivity contribution in [1.82, 2.24) is 9.97 Å². The average Bonchev–Trinajstić information content (AvgIpc) is 3.09. The third-order valence-corrected chi connectivity index (χ3v) is 2.70. The van der Waals surface area contributed by atoms with Gasteiger partial charge >= 0.3 is 0 Å². The molecule has 0 aliphatic heterocycles. The smallest absolute Gasteiger partial charge is 0.218 e. The van der Waals surface area contributed by atoms with Gasteiger partial charge in [0.15, 0.2) is 0 Å². The van der Waals surface area contributed by atoms with Gasteiger partial charge in [0.05, 0.1) is 6.61 Å². The van der Waals surface area contributed by atoms with Gasteiger partial charge in [0.2, 0.25) is 5.88 Å². The van der Waals surface area contributed by atoms with E-state index in [1.54, 1.807) is 6.07 Å². The number of aromatic nitrogens is 2. The first-order chi connectivity index (χ1) is 8.19. The molecule has 0 radical (unpaired) electrons. The van der Waals surface area contributed by atoms with Crippen LogP contribution < -0.4 is 4.74 Å². The summed E-state index contributed by atoms with van der Waals surface area (Å²) in [7, 11) is 0. The molecule has 1 aromatic rings. The lowest BCUT2D eigenvalue weighted by Gasteiger charge is -2.14. The van der Waals surface area contributed by atoms with Crippen LogP contribution in [0.1, 0.15) is 38.4 Å². The Balaban J connectivity index is 1.99. The van der Waals surface area contributed by atoms with Crippen molar-refractivity contribution in [2.24, 2.45) is 0 Å². The molecule has 0 amide bonds. The van der Waals surface area contributed by atoms with Crippen LogP contribution in [0.3, 0.4) is 0 Å². The van der Waals surface area contributed by atoms with Crippen LogP contribution in [0.5, 0.6) is 5.88 Å². The average molecular weight is 257 g/mol. The van der Waals surface area contributed by atoms with Crippen molar-refractivity contribution in [3.8, 4) is 5.88 Å². The van der Waals surface area contributed by atoms with Gasteiger partial charge in [0.1, 0.15) is 17.1 Å². The van der Waals surface area contributed by atoms with E-state index in [4.69, 9.17) is 21.1 Å². The van der Waals surface area contributed by atoms with Crippen LogP contribution in [0.25, 0.3) is 0 Å². The molecule has 94 valence electrons. The van der Waals surface area contributed by atoms with Gasteiger partial charge in [-0.15, -0.1) is 0 Å². The van der Waals surface area contributed by atoms with Crippen molar-refractivity contribution in [3.63, 3.8) is 0 Å². The normalized spacial score (nSPS) is 16.9. The molecule has 1 aliphatic carbocycles. The number of ether oxygens (including phenoxy) is 2. The molecule has 1 fully saturated rings. The molecule has 0 bridgehead atoms. The van der Waals surface area contributed by atoms with Crippen molar-refractivity contribution >= 4 is 11.6 Å². The van der Waals surface area contributed by atoms with Gasteiger partial charge in [-0.1, -0.05) is 11.6 Å². The second kappa shape index (κ2) is 5.65. The van der Waals surface area contributed by atoms with Crippen LogP contribution in [0.4, 0.5) is 0 Å². The molecule has 1 aliphatic rings. The van der Waals surface area contributed by atoms with Gasteiger partial charge in [0, 0.05) is 18.6 Å². The summed E-state index contributed by atoms with van der Waals surface area (Å²) in [6, 6.07) is 1.65. The minimum Gasteiger partial charge on any atom is -0.472 e. The molecule has 5 heteroatoms. The molecule has 2 rings (SSSR count). The molecular formula is C12H17ClN2O2. The van der Waals surface area contributed by atoms with E-state index in [2.05, 4.69) is 9.97 Å². The Labute approximate surface area is 106 Å². The molecule has 1 saturated carbocycles. The predicted molar refractivity (Wildman–Crippen MR) is 65.6 cm³/mol. The fourth-order valence-corrected chi connectivity index (χ4v) is 1.70. The lowest BCUT2D eigenvalue weighted by Crippen LogP contribution is -2.20. The van der Waals surface area contributed by atoms with E-state index in [9.17, 15) is 0 Å². The maximum absolute atomic E-state index is 5.95. The highest BCUT2D eigenvalue weighted by atomic mass is 35.5. The second-order valence-corrected chi connectivity index (χ2v) is 4.64. The van der Waals surface area contributed by atoms with Crippen molar-refractivity contribution in [3.05, 3.63) is 17.0 Å². The Hall–Kier alpha value is -0.870. The summed E-state index contributed by atoms with van der Waals surface area (Å²) in [4.78, 5) is 8.58. The van der Waals surface area contributed by atoms with E-state index < -0.39 is 0 Å². The summed E-state index contributed by atoms with van der Waals surface area (Å²) in [6.07, 6.45) is 2.26. The van der Waals surface area contributed by atoms with E-state index in [1.165, 1.54) is 0 Å². The number of rotatable bonds is 6. The zero-order chi connectivity index (χ0) is 12.3. The number of hydrogen-bond donors (Lipinski definition) is 0. The van der Waals surface area contributed by atoms with Gasteiger partial charge in [-0.25, -0.2) is 4.98 Å². The quantitative estimate of drug-likeness (QED) is 0.734. The lowest BCUT2D eigenvalue weighted by atomic mass is 10.4. The maximum Gasteiger partial charge on any atom is 0.218 e. The van der Waals surface area contributed by atoms with Gasteiger partial charge in [-0.2, -0.15) is 4.98 Å². The summed E-state index contributed by atoms with van der Waals surface area (Å²) in [5.74, 6) is 1.81. The Kier molecular flexibility index (Phi) is 4.18. The molecule has 0 N–H and O–H groups in total. The van der Waals surface area contributed by atoms with Crippen LogP contribution in [0.2, 0.25) is 5.15 Å². The zero-order valence-corrected chi connectivity index (χ0v) is 10.9. The summed E-state index contributed by atoms with van der Waals surface area (Å²) < 4.78 is 10.9. The fourth-order valence-electron chi connectivity index (χ4n) is 1.52. The Morgan fingerprint density at radius 1 is 1.47 bits per heavy atom. The highest BCUT2D eigenvalue weighted by Gasteiger charge is 2.27. The molecule has 1 unspecified atom stereocenters. The summed E-state index contributed by atoms with van der Waals surface area (Å²) in [6.45, 7) is 5.14. The number of halogens is 1. The third-order valence-electron chi connectivity index (χ3n) is 2.51. The van der Waals surface area contributed by atoms with E-state index in [0.29, 0.717) is 30.2 Å². The van der Waals surface area contributed by atoms with E-state index in [1.807, 2.05) is 13.8 Å². The monoisotopic (exact) mass is 256 g/mol. The summed E-state index contributed by atoms with van der Waals surface area (Å²) >= 11 is 5.95. The largest absolute Gasteiger partial charge is 0.472 e. The zero-order valence-electron chi connectivity index (χ0n) is 10.1. The first-order valence-electron chi connectivity index (χ1n) is 5.98. The molecule has 0 spiro atoms. The molecule has 1 aromatic heterocycles. The fraction of sp³-hybridized carbons (Fsp3) is 0.667. The maximum atomic E-state index is 5.95. The van der Waals surface area contributed by atoms with Crippen LogP contribution in [0, 0.1) is 0 Å². The topological polar surface area (TPSA) is 44.2 Å². The third kappa shape index (κ3) is 3.82. The van der Waals surface area contributed by atoms with Gasteiger partial charge in [-0.05, 0) is 26.7 Å². The van der Waals surface area contributed by atoms with Gasteiger partial charge in [-0.3, -0.25) is 0 Å². The predicted octanol–water partition coefficient (Wildman–Crippen LogP) is 2.81. The first kappa shape index (κ1) is 12.6. The Morgan fingerprint density at radius 3 is 2.88 bits per heavy atom. The van der Waals surface area contributed by atoms with Crippen LogP contribution in [-0.4, -0.2) is 29.3 Å². The molecule has 0 saturated heterocycles. The Morgan fingerprint density at radius 2 is 2.24 bits per heavy atom. The van der Waals surface area contributed by atoms with E-state index in [0.717, 1.165) is 18.7 Å². The van der Waals surface area contributed by atoms with Gasteiger partial charge in [0.25, 0.3) is 0 Å². The summed E-state index contributed by atoms with van der Waals surface area (Å²) in [5.41, 5.74) is 0. The van der Waals surface area contributed by atoms with E-state index >= 15 is 0 Å². The second-order valence-electron chi connectivity index (χ2n) is 4.25. The van der Waals surface area contributed by atoms with Crippen LogP contribution in [-0.2, 0) is 4.74 Å². The molecule has 1 atom stereocenters. The number of hydrogen-bond acceptors (Lipinski definition) is 4. The molecule has 0 aromatic carbocycles. The van der Waals surface area contributed by atoms with E-state index in [-0.39, 0.29) is 6.10 Å². The Bertz CT molecular complexity index is 383. The highest BCUT2D eigenvalue weighted by molar-refractivity contribution is 6.29. The lowest BCUT2D eigenvalue weighted by molar-refractivity contribution is 0.0631. The summed E-state index contributed by atoms with van der Waals surface area (Å²) in [5, 5.41) is 0.445. The minimum atomic E-state index is -0.0343. The van der Waals surface area contributed by atoms with Crippen molar-refractivity contribution in [2.45, 2.75) is 38.7 Å². The minimum absolute atomic E-state index is 0.0343. The molecule has 1 heterocycles. The number of nitrogens with zero attached hydrogens (tertiary/aromatic N) is 2. The highest BCUT2D eigenvalue weighted by Crippen LogP contribution is 2.39. The van der Waals surface area contributed by atoms with Crippen molar-refractivity contribution in [2.75, 3.05) is 13.2 Å². The SMILES string of the molecule is CCOCC(C)Oc1cc(Cl)nc(C2CC2)n1. The molecule has 17 heavy (non-hydrogen) atoms. The molecular weight excluding hydrogens is 240 g/mol.